The Bertz CT molecular complexity index is 533. The van der Waals surface area contributed by atoms with E-state index in [1.807, 2.05) is 7.05 Å². The van der Waals surface area contributed by atoms with Crippen LogP contribution in [-0.4, -0.2) is 49.2 Å². The van der Waals surface area contributed by atoms with E-state index in [2.05, 4.69) is 46.6 Å². The number of hydrogen-bond donors (Lipinski definition) is 2. The quantitative estimate of drug-likeness (QED) is 0.239. The van der Waals surface area contributed by atoms with Crippen LogP contribution in [0.3, 0.4) is 0 Å². The van der Waals surface area contributed by atoms with Crippen LogP contribution < -0.4 is 10.6 Å². The third-order valence-corrected chi connectivity index (χ3v) is 5.44. The summed E-state index contributed by atoms with van der Waals surface area (Å²) in [6.07, 6.45) is 9.82. The molecular formula is C20H38IN5O. The fourth-order valence-corrected chi connectivity index (χ4v) is 3.77. The highest BCUT2D eigenvalue weighted by molar-refractivity contribution is 14.0. The van der Waals surface area contributed by atoms with Gasteiger partial charge in [0.05, 0.1) is 5.69 Å². The van der Waals surface area contributed by atoms with Crippen LogP contribution in [0.4, 0.5) is 0 Å². The molecule has 6 nitrogen and oxygen atoms in total. The minimum absolute atomic E-state index is 0. The Kier molecular flexibility index (Phi) is 12.0. The lowest BCUT2D eigenvalue weighted by Crippen LogP contribution is -2.39. The maximum atomic E-state index is 5.43. The number of nitrogens with one attached hydrogen (secondary N) is 2. The lowest BCUT2D eigenvalue weighted by molar-refractivity contribution is 0.190. The van der Waals surface area contributed by atoms with Crippen molar-refractivity contribution < 1.29 is 4.52 Å². The molecular weight excluding hydrogens is 453 g/mol. The molecule has 0 aliphatic heterocycles. The molecule has 0 atom stereocenters. The van der Waals surface area contributed by atoms with Gasteiger partial charge in [-0.2, -0.15) is 0 Å². The molecule has 0 unspecified atom stereocenters. The summed E-state index contributed by atoms with van der Waals surface area (Å²) in [6.45, 7) is 6.98. The molecule has 0 spiro atoms. The van der Waals surface area contributed by atoms with Gasteiger partial charge < -0.3 is 20.1 Å². The molecule has 7 heteroatoms. The van der Waals surface area contributed by atoms with Gasteiger partial charge in [0.2, 0.25) is 0 Å². The van der Waals surface area contributed by atoms with E-state index in [0.29, 0.717) is 6.54 Å². The van der Waals surface area contributed by atoms with Crippen molar-refractivity contribution in [2.24, 2.45) is 4.99 Å². The lowest BCUT2D eigenvalue weighted by Gasteiger charge is -2.31. The van der Waals surface area contributed by atoms with E-state index in [-0.39, 0.29) is 24.0 Å². The molecule has 2 N–H and O–H groups in total. The maximum absolute atomic E-state index is 5.43. The van der Waals surface area contributed by atoms with Crippen molar-refractivity contribution in [3.63, 3.8) is 0 Å². The first-order chi connectivity index (χ1) is 12.7. The SMILES string of the molecule is CCc1noc(CC)c1CNC(=NC)NCCCN(C)C1CCCCC1.I. The van der Waals surface area contributed by atoms with Gasteiger partial charge in [-0.1, -0.05) is 38.3 Å². The fraction of sp³-hybridized carbons (Fsp3) is 0.800. The largest absolute Gasteiger partial charge is 0.361 e. The number of halogens is 1. The molecule has 156 valence electrons. The van der Waals surface area contributed by atoms with Crippen molar-refractivity contribution in [1.29, 1.82) is 0 Å². The normalized spacial score (nSPS) is 15.7. The first-order valence-corrected chi connectivity index (χ1v) is 10.3. The molecule has 0 aromatic carbocycles. The average molecular weight is 491 g/mol. The Hall–Kier alpha value is -0.830. The van der Waals surface area contributed by atoms with Gasteiger partial charge in [-0.3, -0.25) is 4.99 Å². The minimum Gasteiger partial charge on any atom is -0.361 e. The van der Waals surface area contributed by atoms with E-state index in [4.69, 9.17) is 4.52 Å². The molecule has 2 rings (SSSR count). The van der Waals surface area contributed by atoms with Crippen LogP contribution in [0.25, 0.3) is 0 Å². The zero-order chi connectivity index (χ0) is 18.8. The van der Waals surface area contributed by atoms with Crippen LogP contribution in [0.1, 0.15) is 69.4 Å². The molecule has 1 aromatic heterocycles. The highest BCUT2D eigenvalue weighted by Crippen LogP contribution is 2.21. The first kappa shape index (κ1) is 24.2. The Morgan fingerprint density at radius 2 is 1.93 bits per heavy atom. The van der Waals surface area contributed by atoms with E-state index in [1.165, 1.54) is 37.7 Å². The second-order valence-corrected chi connectivity index (χ2v) is 7.22. The Labute approximate surface area is 181 Å². The monoisotopic (exact) mass is 491 g/mol. The van der Waals surface area contributed by atoms with Crippen LogP contribution >= 0.6 is 24.0 Å². The average Bonchev–Trinajstić information content (AvgIpc) is 3.09. The molecule has 1 aliphatic rings. The maximum Gasteiger partial charge on any atom is 0.191 e. The van der Waals surface area contributed by atoms with Gasteiger partial charge in [0.15, 0.2) is 5.96 Å². The number of aryl methyl sites for hydroxylation is 2. The standard InChI is InChI=1S/C20H37N5O.HI/c1-5-18-17(19(6-2)26-24-18)15-23-20(21-3)22-13-10-14-25(4)16-11-8-7-9-12-16;/h16H,5-15H2,1-4H3,(H2,21,22,23);1H. The van der Waals surface area contributed by atoms with E-state index in [9.17, 15) is 0 Å². The minimum atomic E-state index is 0. The highest BCUT2D eigenvalue weighted by Gasteiger charge is 2.17. The van der Waals surface area contributed by atoms with Gasteiger partial charge >= 0.3 is 0 Å². The lowest BCUT2D eigenvalue weighted by atomic mass is 9.94. The predicted molar refractivity (Wildman–Crippen MR) is 123 cm³/mol. The van der Waals surface area contributed by atoms with Gasteiger partial charge in [-0.05, 0) is 39.3 Å². The van der Waals surface area contributed by atoms with Crippen LogP contribution in [-0.2, 0) is 19.4 Å². The van der Waals surface area contributed by atoms with Gasteiger partial charge in [0.25, 0.3) is 0 Å². The number of rotatable bonds is 9. The molecule has 1 heterocycles. The number of aromatic nitrogens is 1. The molecule has 0 radical (unpaired) electrons. The van der Waals surface area contributed by atoms with E-state index in [1.54, 1.807) is 0 Å². The van der Waals surface area contributed by atoms with E-state index < -0.39 is 0 Å². The fourth-order valence-electron chi connectivity index (χ4n) is 3.77. The Morgan fingerprint density at radius 1 is 1.19 bits per heavy atom. The van der Waals surface area contributed by atoms with E-state index in [0.717, 1.165) is 55.8 Å². The molecule has 1 aromatic rings. The van der Waals surface area contributed by atoms with Crippen LogP contribution in [0, 0.1) is 0 Å². The summed E-state index contributed by atoms with van der Waals surface area (Å²) >= 11 is 0. The summed E-state index contributed by atoms with van der Waals surface area (Å²) in [6, 6.07) is 0.787. The third kappa shape index (κ3) is 7.60. The summed E-state index contributed by atoms with van der Waals surface area (Å²) in [5.74, 6) is 1.81. The van der Waals surface area contributed by atoms with Crippen LogP contribution in [0.15, 0.2) is 9.52 Å². The summed E-state index contributed by atoms with van der Waals surface area (Å²) in [4.78, 5) is 6.87. The smallest absolute Gasteiger partial charge is 0.191 e. The first-order valence-electron chi connectivity index (χ1n) is 10.3. The second-order valence-electron chi connectivity index (χ2n) is 7.22. The van der Waals surface area contributed by atoms with Gasteiger partial charge in [-0.15, -0.1) is 24.0 Å². The Balaban J connectivity index is 0.00000364. The third-order valence-electron chi connectivity index (χ3n) is 5.44. The van der Waals surface area contributed by atoms with Crippen molar-refractivity contribution in [3.8, 4) is 0 Å². The second kappa shape index (κ2) is 13.4. The van der Waals surface area contributed by atoms with Gasteiger partial charge in [-0.25, -0.2) is 0 Å². The molecule has 1 fully saturated rings. The number of hydrogen-bond acceptors (Lipinski definition) is 4. The van der Waals surface area contributed by atoms with Gasteiger partial charge in [0, 0.05) is 38.2 Å². The van der Waals surface area contributed by atoms with Crippen molar-refractivity contribution in [2.75, 3.05) is 27.2 Å². The Morgan fingerprint density at radius 3 is 2.56 bits per heavy atom. The molecule has 1 aliphatic carbocycles. The van der Waals surface area contributed by atoms with Crippen molar-refractivity contribution in [1.82, 2.24) is 20.7 Å². The predicted octanol–water partition coefficient (Wildman–Crippen LogP) is 3.74. The molecule has 0 saturated heterocycles. The van der Waals surface area contributed by atoms with E-state index >= 15 is 0 Å². The molecule has 0 bridgehead atoms. The number of aliphatic imine (C=N–C) groups is 1. The highest BCUT2D eigenvalue weighted by atomic mass is 127. The van der Waals surface area contributed by atoms with Crippen molar-refractivity contribution in [2.45, 2.75) is 77.8 Å². The zero-order valence-electron chi connectivity index (χ0n) is 17.5. The molecule has 0 amide bonds. The number of guanidine groups is 1. The molecule has 1 saturated carbocycles. The van der Waals surface area contributed by atoms with Gasteiger partial charge in [0.1, 0.15) is 5.76 Å². The summed E-state index contributed by atoms with van der Waals surface area (Å²) < 4.78 is 5.43. The summed E-state index contributed by atoms with van der Waals surface area (Å²) in [5.41, 5.74) is 2.22. The van der Waals surface area contributed by atoms with Crippen molar-refractivity contribution in [3.05, 3.63) is 17.0 Å². The summed E-state index contributed by atoms with van der Waals surface area (Å²) in [7, 11) is 4.09. The topological polar surface area (TPSA) is 65.7 Å². The van der Waals surface area contributed by atoms with Crippen LogP contribution in [0.2, 0.25) is 0 Å². The zero-order valence-corrected chi connectivity index (χ0v) is 19.8. The summed E-state index contributed by atoms with van der Waals surface area (Å²) in [5, 5.41) is 11.0. The van der Waals surface area contributed by atoms with Crippen LogP contribution in [0.5, 0.6) is 0 Å². The number of nitrogens with zero attached hydrogens (tertiary/aromatic N) is 3. The molecule has 27 heavy (non-hydrogen) atoms. The van der Waals surface area contributed by atoms with Crippen molar-refractivity contribution >= 4 is 29.9 Å².